The van der Waals surface area contributed by atoms with E-state index in [0.717, 1.165) is 31.2 Å². The number of amides is 3. The maximum absolute atomic E-state index is 13.2. The Hall–Kier alpha value is -2.32. The van der Waals surface area contributed by atoms with Crippen molar-refractivity contribution in [3.05, 3.63) is 23.8 Å². The Morgan fingerprint density at radius 1 is 1.27 bits per heavy atom. The number of rotatable bonds is 6. The molecular weight excluding hydrogens is 420 g/mol. The van der Waals surface area contributed by atoms with Crippen LogP contribution in [-0.2, 0) is 11.2 Å². The van der Waals surface area contributed by atoms with Crippen LogP contribution in [-0.4, -0.2) is 78.8 Å². The number of nitrogens with zero attached hydrogens (tertiary/aromatic N) is 2. The zero-order valence-corrected chi connectivity index (χ0v) is 20.5. The molecule has 1 saturated carbocycles. The molecule has 3 rings (SSSR count). The molecule has 0 aromatic heterocycles. The number of ether oxygens (including phenoxy) is 1. The van der Waals surface area contributed by atoms with E-state index in [1.807, 2.05) is 39.2 Å². The average molecular weight is 461 g/mol. The highest BCUT2D eigenvalue weighted by atomic mass is 16.5. The number of hydrogen-bond donors (Lipinski definition) is 3. The van der Waals surface area contributed by atoms with Gasteiger partial charge in [-0.3, -0.25) is 4.79 Å². The number of nitrogens with one attached hydrogen (secondary N) is 2. The second kappa shape index (κ2) is 11.7. The summed E-state index contributed by atoms with van der Waals surface area (Å²) in [6, 6.07) is 5.24. The highest BCUT2D eigenvalue weighted by Crippen LogP contribution is 2.29. The van der Waals surface area contributed by atoms with E-state index in [9.17, 15) is 14.7 Å². The molecular formula is C25H40N4O4. The fourth-order valence-electron chi connectivity index (χ4n) is 4.68. The predicted molar refractivity (Wildman–Crippen MR) is 130 cm³/mol. The normalized spacial score (nSPS) is 23.1. The Labute approximate surface area is 197 Å². The molecule has 2 aliphatic rings. The van der Waals surface area contributed by atoms with Gasteiger partial charge in [0.1, 0.15) is 11.9 Å². The molecule has 0 saturated heterocycles. The molecule has 0 radical (unpaired) electrons. The lowest BCUT2D eigenvalue weighted by Gasteiger charge is -2.33. The van der Waals surface area contributed by atoms with Crippen LogP contribution in [0.3, 0.4) is 0 Å². The summed E-state index contributed by atoms with van der Waals surface area (Å²) in [5, 5.41) is 15.7. The molecule has 3 atom stereocenters. The first kappa shape index (κ1) is 25.3. The number of likely N-dealkylation sites (N-methyl/N-ethyl adjacent to an activating group) is 1. The van der Waals surface area contributed by atoms with Crippen LogP contribution in [0.4, 0.5) is 10.5 Å². The first-order chi connectivity index (χ1) is 15.8. The molecule has 33 heavy (non-hydrogen) atoms. The SMILES string of the molecule is C[C@@H]1CN([C@@H](C)CO)C(=O)Cc2cc(NC(=O)NC3CCCCC3)ccc2O[C@H]1CN(C)C. The summed E-state index contributed by atoms with van der Waals surface area (Å²) < 4.78 is 6.42. The lowest BCUT2D eigenvalue weighted by molar-refractivity contribution is -0.134. The van der Waals surface area contributed by atoms with E-state index in [4.69, 9.17) is 4.74 Å². The van der Waals surface area contributed by atoms with Gasteiger partial charge in [0.2, 0.25) is 5.91 Å². The largest absolute Gasteiger partial charge is 0.488 e. The Morgan fingerprint density at radius 2 is 2.00 bits per heavy atom. The van der Waals surface area contributed by atoms with Gasteiger partial charge in [0.05, 0.1) is 19.1 Å². The second-order valence-corrected chi connectivity index (χ2v) is 9.91. The first-order valence-electron chi connectivity index (χ1n) is 12.2. The molecule has 8 heteroatoms. The van der Waals surface area contributed by atoms with E-state index in [0.29, 0.717) is 24.5 Å². The number of benzene rings is 1. The van der Waals surface area contributed by atoms with Gasteiger partial charge in [-0.2, -0.15) is 0 Å². The van der Waals surface area contributed by atoms with Crippen molar-refractivity contribution >= 4 is 17.6 Å². The minimum atomic E-state index is -0.274. The number of hydrogen-bond acceptors (Lipinski definition) is 5. The van der Waals surface area contributed by atoms with Crippen molar-refractivity contribution in [2.75, 3.05) is 39.1 Å². The van der Waals surface area contributed by atoms with Crippen molar-refractivity contribution in [3.63, 3.8) is 0 Å². The fraction of sp³-hybridized carbons (Fsp3) is 0.680. The highest BCUT2D eigenvalue weighted by Gasteiger charge is 2.30. The van der Waals surface area contributed by atoms with E-state index in [1.165, 1.54) is 6.42 Å². The minimum absolute atomic E-state index is 0.0532. The van der Waals surface area contributed by atoms with Crippen LogP contribution < -0.4 is 15.4 Å². The maximum atomic E-state index is 13.2. The summed E-state index contributed by atoms with van der Waals surface area (Å²) in [6.45, 7) is 5.07. The Kier molecular flexibility index (Phi) is 8.97. The third-order valence-electron chi connectivity index (χ3n) is 6.66. The van der Waals surface area contributed by atoms with Crippen molar-refractivity contribution in [3.8, 4) is 5.75 Å². The van der Waals surface area contributed by atoms with Gasteiger partial charge < -0.3 is 30.3 Å². The molecule has 1 fully saturated rings. The number of aliphatic hydroxyl groups excluding tert-OH is 1. The Morgan fingerprint density at radius 3 is 2.67 bits per heavy atom. The van der Waals surface area contributed by atoms with Gasteiger partial charge in [0, 0.05) is 36.3 Å². The number of anilines is 1. The van der Waals surface area contributed by atoms with Crippen LogP contribution >= 0.6 is 0 Å². The van der Waals surface area contributed by atoms with Gasteiger partial charge in [0.25, 0.3) is 0 Å². The predicted octanol–water partition coefficient (Wildman–Crippen LogP) is 2.85. The van der Waals surface area contributed by atoms with Gasteiger partial charge in [-0.25, -0.2) is 4.79 Å². The van der Waals surface area contributed by atoms with E-state index in [2.05, 4.69) is 22.5 Å². The zero-order valence-electron chi connectivity index (χ0n) is 20.5. The summed E-state index contributed by atoms with van der Waals surface area (Å²) in [7, 11) is 4.00. The number of aliphatic hydroxyl groups is 1. The van der Waals surface area contributed by atoms with Crippen LogP contribution in [0.5, 0.6) is 5.75 Å². The quantitative estimate of drug-likeness (QED) is 0.607. The van der Waals surface area contributed by atoms with Crippen LogP contribution in [0, 0.1) is 5.92 Å². The van der Waals surface area contributed by atoms with E-state index in [-0.39, 0.29) is 49.1 Å². The van der Waals surface area contributed by atoms with Gasteiger partial charge >= 0.3 is 6.03 Å². The number of fused-ring (bicyclic) bond motifs is 1. The molecule has 0 bridgehead atoms. The molecule has 1 aliphatic carbocycles. The minimum Gasteiger partial charge on any atom is -0.488 e. The molecule has 3 N–H and O–H groups in total. The fourth-order valence-corrected chi connectivity index (χ4v) is 4.68. The summed E-state index contributed by atoms with van der Waals surface area (Å²) in [5.74, 6) is 0.691. The molecule has 0 unspecified atom stereocenters. The van der Waals surface area contributed by atoms with Crippen molar-refractivity contribution in [1.29, 1.82) is 0 Å². The number of carbonyl (C=O) groups is 2. The van der Waals surface area contributed by atoms with E-state index in [1.54, 1.807) is 4.90 Å². The van der Waals surface area contributed by atoms with E-state index >= 15 is 0 Å². The maximum Gasteiger partial charge on any atom is 0.319 e. The van der Waals surface area contributed by atoms with Crippen molar-refractivity contribution in [2.24, 2.45) is 5.92 Å². The van der Waals surface area contributed by atoms with Crippen LogP contribution in [0.1, 0.15) is 51.5 Å². The van der Waals surface area contributed by atoms with Crippen LogP contribution in [0.2, 0.25) is 0 Å². The summed E-state index contributed by atoms with van der Waals surface area (Å²) >= 11 is 0. The second-order valence-electron chi connectivity index (χ2n) is 9.91. The van der Waals surface area contributed by atoms with E-state index < -0.39 is 0 Å². The lowest BCUT2D eigenvalue weighted by Crippen LogP contribution is -2.47. The molecule has 0 spiro atoms. The molecule has 1 aliphatic heterocycles. The average Bonchev–Trinajstić information content (AvgIpc) is 2.82. The zero-order chi connectivity index (χ0) is 24.0. The summed E-state index contributed by atoms with van der Waals surface area (Å²) in [6.07, 6.45) is 5.61. The number of urea groups is 1. The van der Waals surface area contributed by atoms with Crippen molar-refractivity contribution in [1.82, 2.24) is 15.1 Å². The Balaban J connectivity index is 1.82. The summed E-state index contributed by atoms with van der Waals surface area (Å²) in [5.41, 5.74) is 1.38. The molecule has 3 amide bonds. The van der Waals surface area contributed by atoms with Gasteiger partial charge in [-0.15, -0.1) is 0 Å². The third-order valence-corrected chi connectivity index (χ3v) is 6.66. The molecule has 1 aromatic carbocycles. The van der Waals surface area contributed by atoms with Gasteiger partial charge in [0.15, 0.2) is 0 Å². The monoisotopic (exact) mass is 460 g/mol. The smallest absolute Gasteiger partial charge is 0.319 e. The molecule has 8 nitrogen and oxygen atoms in total. The number of carbonyl (C=O) groups excluding carboxylic acids is 2. The standard InChI is InChI=1S/C25H40N4O4/c1-17-14-29(18(2)16-30)24(31)13-19-12-21(10-11-22(19)33-23(17)15-28(3)4)27-25(32)26-20-8-6-5-7-9-20/h10-12,17-18,20,23,30H,5-9,13-16H2,1-4H3,(H2,26,27,32)/t17-,18+,23+/m1/s1. The highest BCUT2D eigenvalue weighted by molar-refractivity contribution is 5.90. The van der Waals surface area contributed by atoms with Gasteiger partial charge in [-0.05, 0) is 52.1 Å². The Bertz CT molecular complexity index is 810. The molecule has 1 heterocycles. The lowest BCUT2D eigenvalue weighted by atomic mass is 9.96. The third kappa shape index (κ3) is 7.08. The van der Waals surface area contributed by atoms with Gasteiger partial charge in [-0.1, -0.05) is 26.2 Å². The topological polar surface area (TPSA) is 94.1 Å². The summed E-state index contributed by atoms with van der Waals surface area (Å²) in [4.78, 5) is 29.6. The van der Waals surface area contributed by atoms with Crippen molar-refractivity contribution in [2.45, 2.75) is 70.6 Å². The van der Waals surface area contributed by atoms with Crippen molar-refractivity contribution < 1.29 is 19.4 Å². The molecule has 1 aromatic rings. The first-order valence-corrected chi connectivity index (χ1v) is 12.2. The molecule has 184 valence electrons. The van der Waals surface area contributed by atoms with Crippen LogP contribution in [0.25, 0.3) is 0 Å². The van der Waals surface area contributed by atoms with Crippen LogP contribution in [0.15, 0.2) is 18.2 Å².